The van der Waals surface area contributed by atoms with Crippen molar-refractivity contribution in [3.05, 3.63) is 52.0 Å². The normalized spacial score (nSPS) is 17.6. The van der Waals surface area contributed by atoms with Crippen molar-refractivity contribution in [2.75, 3.05) is 11.9 Å². The third-order valence-electron chi connectivity index (χ3n) is 5.93. The van der Waals surface area contributed by atoms with Gasteiger partial charge in [-0.2, -0.15) is 0 Å². The Hall–Kier alpha value is -3.66. The third-order valence-corrected chi connectivity index (χ3v) is 7.14. The molecule has 5 amide bonds. The third kappa shape index (κ3) is 3.42. The van der Waals surface area contributed by atoms with Gasteiger partial charge in [0.15, 0.2) is 0 Å². The number of nitrogens with one attached hydrogen (secondary N) is 3. The van der Waals surface area contributed by atoms with E-state index in [1.54, 1.807) is 0 Å². The summed E-state index contributed by atoms with van der Waals surface area (Å²) in [5.74, 6) is -1.60. The van der Waals surface area contributed by atoms with Crippen LogP contribution in [0.15, 0.2) is 30.5 Å². The summed E-state index contributed by atoms with van der Waals surface area (Å²) in [5, 5.41) is 6.70. The van der Waals surface area contributed by atoms with Crippen LogP contribution < -0.4 is 16.4 Å². The Morgan fingerprint density at radius 3 is 2.84 bits per heavy atom. The summed E-state index contributed by atoms with van der Waals surface area (Å²) in [6.45, 7) is -0.435. The number of carbonyl (C=O) groups excluding carboxylic acids is 4. The molecule has 3 heterocycles. The second-order valence-corrected chi connectivity index (χ2v) is 9.07. The van der Waals surface area contributed by atoms with Gasteiger partial charge in [0.1, 0.15) is 17.6 Å². The van der Waals surface area contributed by atoms with Gasteiger partial charge < -0.3 is 21.4 Å². The van der Waals surface area contributed by atoms with Crippen molar-refractivity contribution in [1.82, 2.24) is 15.2 Å². The Morgan fingerprint density at radius 2 is 2.03 bits per heavy atom. The van der Waals surface area contributed by atoms with Crippen molar-refractivity contribution < 1.29 is 19.2 Å². The summed E-state index contributed by atoms with van der Waals surface area (Å²) in [5.41, 5.74) is 8.61. The highest BCUT2D eigenvalue weighted by molar-refractivity contribution is 7.17. The molecule has 1 atom stereocenters. The molecule has 164 valence electrons. The minimum Gasteiger partial charge on any atom is -0.365 e. The number of carbonyl (C=O) groups is 4. The monoisotopic (exact) mass is 451 g/mol. The second-order valence-electron chi connectivity index (χ2n) is 7.96. The number of anilines is 1. The number of nitrogens with zero attached hydrogens (tertiary/aromatic N) is 1. The highest BCUT2D eigenvalue weighted by Gasteiger charge is 2.39. The van der Waals surface area contributed by atoms with E-state index in [9.17, 15) is 19.2 Å². The molecule has 0 radical (unpaired) electrons. The number of para-hydroxylation sites is 1. The zero-order chi connectivity index (χ0) is 22.4. The molecule has 0 unspecified atom stereocenters. The number of fused-ring (bicyclic) bond motifs is 2. The quantitative estimate of drug-likeness (QED) is 0.426. The summed E-state index contributed by atoms with van der Waals surface area (Å²) in [4.78, 5) is 54.9. The van der Waals surface area contributed by atoms with E-state index in [1.807, 2.05) is 30.5 Å². The van der Waals surface area contributed by atoms with Crippen LogP contribution in [0.5, 0.6) is 0 Å². The number of aromatic nitrogens is 1. The Labute approximate surface area is 187 Å². The van der Waals surface area contributed by atoms with Gasteiger partial charge >= 0.3 is 6.03 Å². The molecular weight excluding hydrogens is 430 g/mol. The number of imide groups is 1. The molecule has 5 N–H and O–H groups in total. The van der Waals surface area contributed by atoms with E-state index in [1.165, 1.54) is 11.3 Å². The molecule has 1 aliphatic heterocycles. The van der Waals surface area contributed by atoms with Gasteiger partial charge in [0.2, 0.25) is 5.91 Å². The van der Waals surface area contributed by atoms with Crippen molar-refractivity contribution in [3.8, 4) is 0 Å². The molecule has 32 heavy (non-hydrogen) atoms. The second kappa shape index (κ2) is 7.79. The van der Waals surface area contributed by atoms with Crippen molar-refractivity contribution in [2.45, 2.75) is 31.7 Å². The van der Waals surface area contributed by atoms with Gasteiger partial charge in [0, 0.05) is 28.4 Å². The van der Waals surface area contributed by atoms with E-state index in [0.717, 1.165) is 51.1 Å². The fraction of sp³-hybridized carbons (Fsp3) is 0.273. The molecule has 9 nitrogen and oxygen atoms in total. The van der Waals surface area contributed by atoms with Crippen LogP contribution in [0.1, 0.15) is 32.8 Å². The van der Waals surface area contributed by atoms with Gasteiger partial charge in [-0.25, -0.2) is 4.79 Å². The molecule has 0 spiro atoms. The lowest BCUT2D eigenvalue weighted by molar-refractivity contribution is -0.130. The number of primary amides is 1. The molecule has 1 aliphatic carbocycles. The fourth-order valence-electron chi connectivity index (χ4n) is 4.45. The maximum absolute atomic E-state index is 12.8. The van der Waals surface area contributed by atoms with Crippen LogP contribution in [0.25, 0.3) is 10.9 Å². The number of hydrogen-bond donors (Lipinski definition) is 4. The summed E-state index contributed by atoms with van der Waals surface area (Å²) in [7, 11) is 0. The Kier molecular flexibility index (Phi) is 4.93. The first-order valence-corrected chi connectivity index (χ1v) is 11.1. The Bertz CT molecular complexity index is 1280. The van der Waals surface area contributed by atoms with Crippen LogP contribution in [0.4, 0.5) is 9.80 Å². The van der Waals surface area contributed by atoms with E-state index in [2.05, 4.69) is 15.6 Å². The molecule has 10 heteroatoms. The first kappa shape index (κ1) is 20.3. The van der Waals surface area contributed by atoms with Crippen molar-refractivity contribution in [2.24, 2.45) is 5.73 Å². The largest absolute Gasteiger partial charge is 0.365 e. The number of H-pyrrole nitrogens is 1. The Morgan fingerprint density at radius 1 is 1.22 bits per heavy atom. The highest BCUT2D eigenvalue weighted by atomic mass is 32.1. The molecular formula is C22H21N5O4S. The molecule has 3 aromatic rings. The Balaban J connectivity index is 1.28. The van der Waals surface area contributed by atoms with Crippen molar-refractivity contribution in [1.29, 1.82) is 0 Å². The smallest absolute Gasteiger partial charge is 0.325 e. The minimum atomic E-state index is -0.749. The molecule has 2 aliphatic rings. The van der Waals surface area contributed by atoms with Crippen LogP contribution >= 0.6 is 11.3 Å². The van der Waals surface area contributed by atoms with Gasteiger partial charge in [-0.3, -0.25) is 19.3 Å². The number of amides is 5. The predicted octanol–water partition coefficient (Wildman–Crippen LogP) is 1.92. The number of thiophene rings is 1. The molecule has 5 rings (SSSR count). The number of benzene rings is 1. The summed E-state index contributed by atoms with van der Waals surface area (Å²) < 4.78 is 0. The fourth-order valence-corrected chi connectivity index (χ4v) is 5.76. The molecule has 1 saturated heterocycles. The molecule has 1 fully saturated rings. The topological polar surface area (TPSA) is 137 Å². The molecule has 2 aromatic heterocycles. The van der Waals surface area contributed by atoms with E-state index >= 15 is 0 Å². The average Bonchev–Trinajstić information content (AvgIpc) is 3.49. The highest BCUT2D eigenvalue weighted by Crippen LogP contribution is 2.38. The lowest BCUT2D eigenvalue weighted by Crippen LogP contribution is -2.38. The van der Waals surface area contributed by atoms with Crippen LogP contribution in [-0.2, 0) is 28.9 Å². The zero-order valence-corrected chi connectivity index (χ0v) is 17.9. The van der Waals surface area contributed by atoms with Gasteiger partial charge in [0.05, 0.1) is 5.56 Å². The van der Waals surface area contributed by atoms with Crippen molar-refractivity contribution in [3.63, 3.8) is 0 Å². The number of aromatic amines is 1. The first-order chi connectivity index (χ1) is 15.4. The minimum absolute atomic E-state index is 0.316. The van der Waals surface area contributed by atoms with Gasteiger partial charge in [-0.05, 0) is 36.5 Å². The number of rotatable bonds is 6. The van der Waals surface area contributed by atoms with Gasteiger partial charge in [-0.15, -0.1) is 11.3 Å². The predicted molar refractivity (Wildman–Crippen MR) is 120 cm³/mol. The SMILES string of the molecule is NC(=O)c1c(NC(=O)CN2C(=O)N[C@@H](Cc3c[nH]c4ccccc34)C2=O)sc2c1CCC2. The van der Waals surface area contributed by atoms with Crippen molar-refractivity contribution >= 4 is 51.0 Å². The maximum Gasteiger partial charge on any atom is 0.325 e. The summed E-state index contributed by atoms with van der Waals surface area (Å²) in [6, 6.07) is 6.34. The molecule has 0 saturated carbocycles. The number of urea groups is 1. The number of nitrogens with two attached hydrogens (primary N) is 1. The standard InChI is InChI=1S/C22H21N5O4S/c23-19(29)18-13-5-3-7-16(13)32-20(18)26-17(28)10-27-21(30)15(25-22(27)31)8-11-9-24-14-6-2-1-4-12(11)14/h1-2,4,6,9,15,24H,3,5,7-8,10H2,(H2,23,29)(H,25,31)(H,26,28)/t15-/m0/s1. The van der Waals surface area contributed by atoms with Crippen LogP contribution in [0.2, 0.25) is 0 Å². The first-order valence-electron chi connectivity index (χ1n) is 10.3. The van der Waals surface area contributed by atoms with E-state index in [-0.39, 0.29) is 0 Å². The van der Waals surface area contributed by atoms with Gasteiger partial charge in [-0.1, -0.05) is 18.2 Å². The summed E-state index contributed by atoms with van der Waals surface area (Å²) >= 11 is 1.33. The summed E-state index contributed by atoms with van der Waals surface area (Å²) in [6.07, 6.45) is 4.69. The maximum atomic E-state index is 12.8. The van der Waals surface area contributed by atoms with E-state index in [4.69, 9.17) is 5.73 Å². The number of aryl methyl sites for hydroxylation is 1. The lowest BCUT2D eigenvalue weighted by atomic mass is 10.1. The molecule has 1 aromatic carbocycles. The van der Waals surface area contributed by atoms with E-state index < -0.39 is 36.3 Å². The molecule has 0 bridgehead atoms. The zero-order valence-electron chi connectivity index (χ0n) is 17.1. The average molecular weight is 452 g/mol. The van der Waals surface area contributed by atoms with Crippen LogP contribution in [-0.4, -0.2) is 46.2 Å². The number of hydrogen-bond acceptors (Lipinski definition) is 5. The van der Waals surface area contributed by atoms with Crippen LogP contribution in [0.3, 0.4) is 0 Å². The van der Waals surface area contributed by atoms with Gasteiger partial charge in [0.25, 0.3) is 11.8 Å². The lowest BCUT2D eigenvalue weighted by Gasteiger charge is -2.13. The van der Waals surface area contributed by atoms with Crippen LogP contribution in [0, 0.1) is 0 Å². The van der Waals surface area contributed by atoms with E-state index in [0.29, 0.717) is 17.0 Å².